The van der Waals surface area contributed by atoms with Gasteiger partial charge in [0.25, 0.3) is 0 Å². The lowest BCUT2D eigenvalue weighted by molar-refractivity contribution is -0.143. The molecule has 1 saturated heterocycles. The van der Waals surface area contributed by atoms with E-state index in [2.05, 4.69) is 30.9 Å². The van der Waals surface area contributed by atoms with Crippen LogP contribution < -0.4 is 4.74 Å². The van der Waals surface area contributed by atoms with Gasteiger partial charge in [0.1, 0.15) is 5.75 Å². The molecule has 0 radical (unpaired) electrons. The molecule has 116 valence electrons. The van der Waals surface area contributed by atoms with E-state index in [1.54, 1.807) is 0 Å². The maximum absolute atomic E-state index is 11.1. The van der Waals surface area contributed by atoms with Crippen LogP contribution in [0.5, 0.6) is 5.75 Å². The van der Waals surface area contributed by atoms with Crippen LogP contribution in [0.3, 0.4) is 0 Å². The van der Waals surface area contributed by atoms with E-state index in [1.165, 1.54) is 5.56 Å². The normalized spacial score (nSPS) is 21.0. The molecule has 0 amide bonds. The molecule has 1 heterocycles. The molecule has 4 nitrogen and oxygen atoms in total. The number of nitrogens with zero attached hydrogens (tertiary/aromatic N) is 1. The second-order valence-electron chi connectivity index (χ2n) is 5.90. The first-order valence-electron chi connectivity index (χ1n) is 7.79. The van der Waals surface area contributed by atoms with Gasteiger partial charge in [-0.1, -0.05) is 19.1 Å². The second-order valence-corrected chi connectivity index (χ2v) is 5.90. The second kappa shape index (κ2) is 7.46. The third-order valence-corrected chi connectivity index (χ3v) is 4.07. The van der Waals surface area contributed by atoms with Gasteiger partial charge >= 0.3 is 5.97 Å². The van der Waals surface area contributed by atoms with Crippen molar-refractivity contribution >= 4 is 5.97 Å². The molecule has 1 fully saturated rings. The van der Waals surface area contributed by atoms with Crippen LogP contribution in [0.25, 0.3) is 0 Å². The molecule has 0 saturated carbocycles. The van der Waals surface area contributed by atoms with E-state index in [0.717, 1.165) is 38.1 Å². The zero-order chi connectivity index (χ0) is 15.2. The maximum atomic E-state index is 11.1. The van der Waals surface area contributed by atoms with Crippen LogP contribution >= 0.6 is 0 Å². The Kier molecular flexibility index (Phi) is 5.62. The Labute approximate surface area is 126 Å². The smallest absolute Gasteiger partial charge is 0.307 e. The maximum Gasteiger partial charge on any atom is 0.307 e. The van der Waals surface area contributed by atoms with Crippen molar-refractivity contribution in [3.05, 3.63) is 29.8 Å². The van der Waals surface area contributed by atoms with E-state index >= 15 is 0 Å². The molecule has 2 unspecified atom stereocenters. The molecule has 2 atom stereocenters. The number of ether oxygens (including phenoxy) is 1. The number of carboxylic acid groups (broad SMARTS) is 1. The molecule has 0 bridgehead atoms. The first kappa shape index (κ1) is 15.8. The quantitative estimate of drug-likeness (QED) is 0.874. The minimum atomic E-state index is -0.673. The Morgan fingerprint density at radius 3 is 3.05 bits per heavy atom. The number of aliphatic carboxylic acids is 1. The van der Waals surface area contributed by atoms with Crippen molar-refractivity contribution in [3.63, 3.8) is 0 Å². The minimum absolute atomic E-state index is 0.214. The fourth-order valence-corrected chi connectivity index (χ4v) is 2.69. The monoisotopic (exact) mass is 291 g/mol. The summed E-state index contributed by atoms with van der Waals surface area (Å²) in [6, 6.07) is 8.13. The van der Waals surface area contributed by atoms with E-state index < -0.39 is 5.97 Å². The standard InChI is InChI=1S/C17H25NO3/c1-3-13(2)21-16-8-4-6-14(10-16)11-18-9-5-7-15(12-18)17(19)20/h4,6,8,10,13,15H,3,5,7,9,11-12H2,1-2H3,(H,19,20). The van der Waals surface area contributed by atoms with Crippen molar-refractivity contribution in [1.82, 2.24) is 4.90 Å². The van der Waals surface area contributed by atoms with E-state index in [-0.39, 0.29) is 12.0 Å². The largest absolute Gasteiger partial charge is 0.491 e. The lowest BCUT2D eigenvalue weighted by Crippen LogP contribution is -2.38. The Hall–Kier alpha value is -1.55. The van der Waals surface area contributed by atoms with Crippen LogP contribution in [0.4, 0.5) is 0 Å². The first-order chi connectivity index (χ1) is 10.1. The van der Waals surface area contributed by atoms with Gasteiger partial charge in [-0.25, -0.2) is 0 Å². The molecule has 0 aromatic heterocycles. The SMILES string of the molecule is CCC(C)Oc1cccc(CN2CCCC(C(=O)O)C2)c1. The lowest BCUT2D eigenvalue weighted by Gasteiger charge is -2.30. The molecular weight excluding hydrogens is 266 g/mol. The Bertz CT molecular complexity index is 475. The number of hydrogen-bond donors (Lipinski definition) is 1. The highest BCUT2D eigenvalue weighted by atomic mass is 16.5. The number of carboxylic acids is 1. The van der Waals surface area contributed by atoms with Gasteiger partial charge < -0.3 is 9.84 Å². The molecule has 1 N–H and O–H groups in total. The molecule has 1 aromatic rings. The van der Waals surface area contributed by atoms with Crippen molar-refractivity contribution in [2.75, 3.05) is 13.1 Å². The van der Waals surface area contributed by atoms with E-state index in [1.807, 2.05) is 12.1 Å². The molecule has 0 aliphatic carbocycles. The Morgan fingerprint density at radius 1 is 1.52 bits per heavy atom. The highest BCUT2D eigenvalue weighted by Gasteiger charge is 2.25. The lowest BCUT2D eigenvalue weighted by atomic mass is 9.98. The first-order valence-corrected chi connectivity index (χ1v) is 7.79. The molecule has 1 aromatic carbocycles. The average molecular weight is 291 g/mol. The summed E-state index contributed by atoms with van der Waals surface area (Å²) < 4.78 is 5.84. The zero-order valence-electron chi connectivity index (χ0n) is 12.9. The van der Waals surface area contributed by atoms with Gasteiger partial charge in [-0.2, -0.15) is 0 Å². The average Bonchev–Trinajstić information content (AvgIpc) is 2.47. The van der Waals surface area contributed by atoms with Gasteiger partial charge in [-0.3, -0.25) is 9.69 Å². The van der Waals surface area contributed by atoms with Crippen LogP contribution in [0.1, 0.15) is 38.7 Å². The van der Waals surface area contributed by atoms with Gasteiger partial charge in [-0.05, 0) is 50.4 Å². The van der Waals surface area contributed by atoms with Gasteiger partial charge in [-0.15, -0.1) is 0 Å². The van der Waals surface area contributed by atoms with E-state index in [0.29, 0.717) is 6.54 Å². The van der Waals surface area contributed by atoms with Gasteiger partial charge in [0.15, 0.2) is 0 Å². The highest BCUT2D eigenvalue weighted by molar-refractivity contribution is 5.70. The number of carbonyl (C=O) groups is 1. The summed E-state index contributed by atoms with van der Waals surface area (Å²) in [6.07, 6.45) is 2.95. The summed E-state index contributed by atoms with van der Waals surface area (Å²) in [6.45, 7) is 6.58. The zero-order valence-corrected chi connectivity index (χ0v) is 12.9. The third-order valence-electron chi connectivity index (χ3n) is 4.07. The summed E-state index contributed by atoms with van der Waals surface area (Å²) >= 11 is 0. The summed E-state index contributed by atoms with van der Waals surface area (Å²) in [5, 5.41) is 9.15. The summed E-state index contributed by atoms with van der Waals surface area (Å²) in [5.41, 5.74) is 1.18. The fraction of sp³-hybridized carbons (Fsp3) is 0.588. The van der Waals surface area contributed by atoms with Crippen LogP contribution in [0.2, 0.25) is 0 Å². The molecule has 4 heteroatoms. The number of rotatable bonds is 6. The molecule has 1 aliphatic rings. The van der Waals surface area contributed by atoms with Crippen molar-refractivity contribution in [2.24, 2.45) is 5.92 Å². The van der Waals surface area contributed by atoms with Gasteiger partial charge in [0, 0.05) is 13.1 Å². The van der Waals surface area contributed by atoms with Gasteiger partial charge in [0.2, 0.25) is 0 Å². The van der Waals surface area contributed by atoms with Crippen molar-refractivity contribution in [2.45, 2.75) is 45.8 Å². The summed E-state index contributed by atoms with van der Waals surface area (Å²) in [7, 11) is 0. The Balaban J connectivity index is 1.96. The minimum Gasteiger partial charge on any atom is -0.491 e. The Morgan fingerprint density at radius 2 is 2.33 bits per heavy atom. The highest BCUT2D eigenvalue weighted by Crippen LogP contribution is 2.21. The summed E-state index contributed by atoms with van der Waals surface area (Å²) in [5.74, 6) is 0.000458. The van der Waals surface area contributed by atoms with Crippen molar-refractivity contribution in [1.29, 1.82) is 0 Å². The number of likely N-dealkylation sites (tertiary alicyclic amines) is 1. The number of hydrogen-bond acceptors (Lipinski definition) is 3. The molecule has 21 heavy (non-hydrogen) atoms. The van der Waals surface area contributed by atoms with Crippen LogP contribution in [-0.4, -0.2) is 35.2 Å². The molecule has 2 rings (SSSR count). The van der Waals surface area contributed by atoms with Crippen LogP contribution in [0.15, 0.2) is 24.3 Å². The van der Waals surface area contributed by atoms with Crippen LogP contribution in [0, 0.1) is 5.92 Å². The number of piperidine rings is 1. The molecule has 0 spiro atoms. The predicted octanol–water partition coefficient (Wildman–Crippen LogP) is 3.16. The number of benzene rings is 1. The van der Waals surface area contributed by atoms with E-state index in [9.17, 15) is 4.79 Å². The van der Waals surface area contributed by atoms with Crippen molar-refractivity contribution in [3.8, 4) is 5.75 Å². The molecular formula is C17H25NO3. The summed E-state index contributed by atoms with van der Waals surface area (Å²) in [4.78, 5) is 13.3. The molecule has 1 aliphatic heterocycles. The van der Waals surface area contributed by atoms with Crippen LogP contribution in [-0.2, 0) is 11.3 Å². The van der Waals surface area contributed by atoms with Crippen molar-refractivity contribution < 1.29 is 14.6 Å². The fourth-order valence-electron chi connectivity index (χ4n) is 2.69. The topological polar surface area (TPSA) is 49.8 Å². The van der Waals surface area contributed by atoms with E-state index in [4.69, 9.17) is 9.84 Å². The third kappa shape index (κ3) is 4.74. The van der Waals surface area contributed by atoms with Gasteiger partial charge in [0.05, 0.1) is 12.0 Å². The predicted molar refractivity (Wildman–Crippen MR) is 82.5 cm³/mol.